The van der Waals surface area contributed by atoms with Crippen molar-refractivity contribution in [2.45, 2.75) is 32.7 Å². The van der Waals surface area contributed by atoms with E-state index in [0.29, 0.717) is 31.3 Å². The van der Waals surface area contributed by atoms with Gasteiger partial charge in [0.2, 0.25) is 0 Å². The van der Waals surface area contributed by atoms with Crippen LogP contribution in [0.2, 0.25) is 0 Å². The van der Waals surface area contributed by atoms with Gasteiger partial charge < -0.3 is 20.5 Å². The van der Waals surface area contributed by atoms with Gasteiger partial charge >= 0.3 is 0 Å². The Labute approximate surface area is 178 Å². The predicted molar refractivity (Wildman–Crippen MR) is 125 cm³/mol. The topological polar surface area (TPSA) is 65.9 Å². The Morgan fingerprint density at radius 3 is 2.57 bits per heavy atom. The molecule has 0 fully saturated rings. The molecule has 0 saturated carbocycles. The maximum absolute atomic E-state index is 10.4. The number of ether oxygens (including phenoxy) is 1. The van der Waals surface area contributed by atoms with E-state index in [9.17, 15) is 5.11 Å². The van der Waals surface area contributed by atoms with Gasteiger partial charge in [0.25, 0.3) is 0 Å². The number of aliphatic imine (C=N–C) groups is 1. The molecule has 3 aromatic carbocycles. The van der Waals surface area contributed by atoms with Crippen molar-refractivity contribution >= 4 is 22.4 Å². The van der Waals surface area contributed by atoms with Gasteiger partial charge in [0, 0.05) is 13.7 Å². The lowest BCUT2D eigenvalue weighted by Gasteiger charge is -2.21. The molecular weight excluding hydrogens is 374 g/mol. The summed E-state index contributed by atoms with van der Waals surface area (Å²) in [7, 11) is 1.67. The summed E-state index contributed by atoms with van der Waals surface area (Å²) in [6, 6.07) is 20.2. The summed E-state index contributed by atoms with van der Waals surface area (Å²) < 4.78 is 5.16. The first-order chi connectivity index (χ1) is 14.4. The van der Waals surface area contributed by atoms with Crippen LogP contribution in [0.5, 0.6) is 5.75 Å². The van der Waals surface area contributed by atoms with E-state index < -0.39 is 0 Å². The summed E-state index contributed by atoms with van der Waals surface area (Å²) in [4.78, 5) is 4.77. The minimum absolute atomic E-state index is 0.0200. The quantitative estimate of drug-likeness (QED) is 0.232. The Hall–Kier alpha value is -3.05. The van der Waals surface area contributed by atoms with Gasteiger partial charge in [-0.3, -0.25) is 0 Å². The van der Waals surface area contributed by atoms with E-state index in [1.165, 1.54) is 10.8 Å². The number of aromatic hydroxyl groups is 1. The largest absolute Gasteiger partial charge is 0.506 e. The van der Waals surface area contributed by atoms with E-state index in [4.69, 9.17) is 9.73 Å². The Bertz CT molecular complexity index is 1020. The number of nitrogens with one attached hydrogen (secondary N) is 2. The van der Waals surface area contributed by atoms with Gasteiger partial charge in [-0.05, 0) is 39.4 Å². The number of methoxy groups -OCH3 is 1. The molecule has 30 heavy (non-hydrogen) atoms. The molecule has 5 heteroatoms. The van der Waals surface area contributed by atoms with Crippen molar-refractivity contribution in [3.63, 3.8) is 0 Å². The molecule has 0 aromatic heterocycles. The molecule has 0 radical (unpaired) electrons. The van der Waals surface area contributed by atoms with E-state index in [0.717, 1.165) is 11.1 Å². The highest BCUT2D eigenvalue weighted by Gasteiger charge is 2.16. The number of anilines is 1. The molecule has 3 N–H and O–H groups in total. The van der Waals surface area contributed by atoms with Crippen LogP contribution in [0.1, 0.15) is 31.9 Å². The number of fused-ring (bicyclic) bond motifs is 1. The molecule has 0 aliphatic heterocycles. The van der Waals surface area contributed by atoms with Gasteiger partial charge in [0.05, 0.1) is 18.8 Å². The summed E-state index contributed by atoms with van der Waals surface area (Å²) in [6.45, 7) is 8.13. The first-order valence-corrected chi connectivity index (χ1v) is 10.2. The third-order valence-electron chi connectivity index (χ3n) is 5.00. The molecule has 0 aliphatic rings. The zero-order chi connectivity index (χ0) is 21.6. The number of benzene rings is 3. The lowest BCUT2D eigenvalue weighted by Crippen LogP contribution is -2.33. The average molecular weight is 406 g/mol. The summed E-state index contributed by atoms with van der Waals surface area (Å²) in [5, 5.41) is 19.3. The predicted octanol–water partition coefficient (Wildman–Crippen LogP) is 5.05. The molecule has 0 bridgehead atoms. The summed E-state index contributed by atoms with van der Waals surface area (Å²) in [6.07, 6.45) is 0. The Morgan fingerprint density at radius 1 is 1.03 bits per heavy atom. The molecule has 3 aromatic rings. The summed E-state index contributed by atoms with van der Waals surface area (Å²) in [5.74, 6) is 0.788. The van der Waals surface area contributed by atoms with Crippen LogP contribution in [0.15, 0.2) is 65.7 Å². The molecular formula is C25H31N3O2. The van der Waals surface area contributed by atoms with Crippen LogP contribution in [-0.2, 0) is 16.7 Å². The van der Waals surface area contributed by atoms with Crippen LogP contribution in [0.3, 0.4) is 0 Å². The van der Waals surface area contributed by atoms with Gasteiger partial charge in [-0.25, -0.2) is 4.99 Å². The Kier molecular flexibility index (Phi) is 6.95. The van der Waals surface area contributed by atoms with Crippen molar-refractivity contribution in [3.05, 3.63) is 71.8 Å². The number of phenolic OH excluding ortho intramolecular Hbond substituents is 1. The maximum atomic E-state index is 10.4. The van der Waals surface area contributed by atoms with E-state index in [1.54, 1.807) is 13.2 Å². The van der Waals surface area contributed by atoms with Crippen molar-refractivity contribution in [2.75, 3.05) is 25.6 Å². The highest BCUT2D eigenvalue weighted by atomic mass is 16.5. The average Bonchev–Trinajstić information content (AvgIpc) is 2.72. The first kappa shape index (κ1) is 21.7. The monoisotopic (exact) mass is 405 g/mol. The highest BCUT2D eigenvalue weighted by Crippen LogP contribution is 2.30. The third-order valence-corrected chi connectivity index (χ3v) is 5.00. The number of guanidine groups is 1. The fourth-order valence-corrected chi connectivity index (χ4v) is 3.24. The third kappa shape index (κ3) is 5.51. The van der Waals surface area contributed by atoms with Crippen molar-refractivity contribution in [1.29, 1.82) is 0 Å². The van der Waals surface area contributed by atoms with Crippen LogP contribution in [0, 0.1) is 0 Å². The fourth-order valence-electron chi connectivity index (χ4n) is 3.24. The van der Waals surface area contributed by atoms with Crippen LogP contribution < -0.4 is 10.6 Å². The second-order valence-electron chi connectivity index (χ2n) is 8.33. The fraction of sp³-hybridized carbons (Fsp3) is 0.320. The first-order valence-electron chi connectivity index (χ1n) is 10.2. The lowest BCUT2D eigenvalue weighted by molar-refractivity contribution is 0.204. The van der Waals surface area contributed by atoms with Crippen molar-refractivity contribution in [1.82, 2.24) is 5.32 Å². The molecule has 158 valence electrons. The molecule has 0 saturated heterocycles. The number of phenols is 1. The standard InChI is InChI=1S/C25H31N3O2/c1-25(2,3)20-12-13-23(29)22(16-20)28-24(26-14-15-30-4)27-17-19-10-7-9-18-8-5-6-11-21(18)19/h5-13,16,29H,14-15,17H2,1-4H3,(H2,26,27,28). The Morgan fingerprint density at radius 2 is 1.80 bits per heavy atom. The van der Waals surface area contributed by atoms with Crippen LogP contribution >= 0.6 is 0 Å². The van der Waals surface area contributed by atoms with Crippen LogP contribution in [0.25, 0.3) is 10.8 Å². The van der Waals surface area contributed by atoms with Crippen molar-refractivity contribution in [2.24, 2.45) is 4.99 Å². The molecule has 0 unspecified atom stereocenters. The molecule has 0 atom stereocenters. The van der Waals surface area contributed by atoms with E-state index in [1.807, 2.05) is 24.3 Å². The van der Waals surface area contributed by atoms with Gasteiger partial charge in [0.1, 0.15) is 5.75 Å². The van der Waals surface area contributed by atoms with Gasteiger partial charge in [-0.15, -0.1) is 0 Å². The normalized spacial score (nSPS) is 12.2. The van der Waals surface area contributed by atoms with Crippen molar-refractivity contribution in [3.8, 4) is 5.75 Å². The molecule has 0 aliphatic carbocycles. The number of hydrogen-bond acceptors (Lipinski definition) is 3. The van der Waals surface area contributed by atoms with Gasteiger partial charge in [-0.1, -0.05) is 69.3 Å². The second-order valence-corrected chi connectivity index (χ2v) is 8.33. The number of rotatable bonds is 6. The molecule has 5 nitrogen and oxygen atoms in total. The highest BCUT2D eigenvalue weighted by molar-refractivity contribution is 5.95. The lowest BCUT2D eigenvalue weighted by atomic mass is 9.87. The number of hydrogen-bond donors (Lipinski definition) is 3. The minimum Gasteiger partial charge on any atom is -0.506 e. The minimum atomic E-state index is -0.0200. The van der Waals surface area contributed by atoms with Gasteiger partial charge in [0.15, 0.2) is 5.96 Å². The maximum Gasteiger partial charge on any atom is 0.196 e. The molecule has 3 rings (SSSR count). The second kappa shape index (κ2) is 9.63. The van der Waals surface area contributed by atoms with E-state index >= 15 is 0 Å². The summed E-state index contributed by atoms with van der Waals surface area (Å²) in [5.41, 5.74) is 2.89. The van der Waals surface area contributed by atoms with Crippen LogP contribution in [0.4, 0.5) is 5.69 Å². The zero-order valence-corrected chi connectivity index (χ0v) is 18.2. The number of nitrogens with zero attached hydrogens (tertiary/aromatic N) is 1. The van der Waals surface area contributed by atoms with E-state index in [2.05, 4.69) is 61.7 Å². The van der Waals surface area contributed by atoms with Gasteiger partial charge in [-0.2, -0.15) is 0 Å². The molecule has 0 spiro atoms. The zero-order valence-electron chi connectivity index (χ0n) is 18.2. The molecule has 0 heterocycles. The summed E-state index contributed by atoms with van der Waals surface area (Å²) >= 11 is 0. The Balaban J connectivity index is 1.87. The van der Waals surface area contributed by atoms with Crippen LogP contribution in [-0.4, -0.2) is 31.3 Å². The molecule has 0 amide bonds. The van der Waals surface area contributed by atoms with E-state index in [-0.39, 0.29) is 11.2 Å². The smallest absolute Gasteiger partial charge is 0.196 e. The SMILES string of the molecule is COCCNC(=NCc1cccc2ccccc12)Nc1cc(C(C)(C)C)ccc1O. The van der Waals surface area contributed by atoms with Crippen molar-refractivity contribution < 1.29 is 9.84 Å².